The van der Waals surface area contributed by atoms with Crippen molar-refractivity contribution in [3.63, 3.8) is 0 Å². The zero-order valence-corrected chi connectivity index (χ0v) is 14.9. The van der Waals surface area contributed by atoms with Gasteiger partial charge in [0, 0.05) is 38.9 Å². The minimum Gasteiger partial charge on any atom is -0.385 e. The maximum Gasteiger partial charge on any atom is 0.253 e. The van der Waals surface area contributed by atoms with Gasteiger partial charge >= 0.3 is 0 Å². The van der Waals surface area contributed by atoms with Crippen LogP contribution in [0.4, 0.5) is 0 Å². The molecule has 1 aliphatic rings. The number of nitrogens with zero attached hydrogens (tertiary/aromatic N) is 1. The second kappa shape index (κ2) is 8.83. The van der Waals surface area contributed by atoms with Crippen molar-refractivity contribution in [2.24, 2.45) is 5.92 Å². The molecular formula is C19H28N2O3. The van der Waals surface area contributed by atoms with Crippen molar-refractivity contribution >= 4 is 11.8 Å². The molecule has 1 aromatic rings. The number of hydrogen-bond acceptors (Lipinski definition) is 3. The monoisotopic (exact) mass is 332 g/mol. The van der Waals surface area contributed by atoms with Crippen LogP contribution in [0.1, 0.15) is 40.7 Å². The van der Waals surface area contributed by atoms with Crippen LogP contribution in [0.15, 0.2) is 18.2 Å². The van der Waals surface area contributed by atoms with Gasteiger partial charge in [0.05, 0.1) is 5.92 Å². The Morgan fingerprint density at radius 2 is 1.96 bits per heavy atom. The van der Waals surface area contributed by atoms with Gasteiger partial charge in [-0.1, -0.05) is 17.2 Å². The number of rotatable bonds is 6. The van der Waals surface area contributed by atoms with E-state index in [9.17, 15) is 9.59 Å². The van der Waals surface area contributed by atoms with E-state index >= 15 is 0 Å². The number of benzene rings is 1. The fourth-order valence-corrected chi connectivity index (χ4v) is 3.23. The third-order valence-electron chi connectivity index (χ3n) is 4.37. The fourth-order valence-electron chi connectivity index (χ4n) is 3.23. The molecule has 5 nitrogen and oxygen atoms in total. The number of aryl methyl sites for hydroxylation is 2. The molecule has 1 aromatic carbocycles. The average molecular weight is 332 g/mol. The van der Waals surface area contributed by atoms with E-state index in [0.29, 0.717) is 25.3 Å². The van der Waals surface area contributed by atoms with Crippen LogP contribution in [-0.2, 0) is 9.53 Å². The van der Waals surface area contributed by atoms with Crippen molar-refractivity contribution in [3.05, 3.63) is 34.9 Å². The van der Waals surface area contributed by atoms with Crippen LogP contribution in [0, 0.1) is 19.8 Å². The number of ether oxygens (including phenoxy) is 1. The van der Waals surface area contributed by atoms with Crippen LogP contribution in [-0.4, -0.2) is 50.1 Å². The van der Waals surface area contributed by atoms with Gasteiger partial charge in [0.2, 0.25) is 5.91 Å². The normalized spacial score (nSPS) is 17.6. The molecule has 1 N–H and O–H groups in total. The van der Waals surface area contributed by atoms with E-state index in [1.165, 1.54) is 0 Å². The third-order valence-corrected chi connectivity index (χ3v) is 4.37. The summed E-state index contributed by atoms with van der Waals surface area (Å²) in [5.41, 5.74) is 2.89. The lowest BCUT2D eigenvalue weighted by atomic mass is 9.96. The van der Waals surface area contributed by atoms with Crippen LogP contribution >= 0.6 is 0 Å². The Labute approximate surface area is 144 Å². The zero-order chi connectivity index (χ0) is 17.5. The van der Waals surface area contributed by atoms with Crippen LogP contribution in [0.3, 0.4) is 0 Å². The Morgan fingerprint density at radius 3 is 2.62 bits per heavy atom. The Kier molecular flexibility index (Phi) is 6.79. The first-order valence-electron chi connectivity index (χ1n) is 8.65. The van der Waals surface area contributed by atoms with Gasteiger partial charge in [-0.2, -0.15) is 0 Å². The SMILES string of the molecule is COCCCNC(=O)C1CCCN(C(=O)c2cc(C)cc(C)c2)C1. The van der Waals surface area contributed by atoms with Crippen molar-refractivity contribution in [1.82, 2.24) is 10.2 Å². The number of methoxy groups -OCH3 is 1. The molecule has 0 radical (unpaired) electrons. The smallest absolute Gasteiger partial charge is 0.253 e. The minimum absolute atomic E-state index is 0.0266. The van der Waals surface area contributed by atoms with Crippen LogP contribution < -0.4 is 5.32 Å². The summed E-state index contributed by atoms with van der Waals surface area (Å²) in [7, 11) is 1.65. The Balaban J connectivity index is 1.94. The lowest BCUT2D eigenvalue weighted by Gasteiger charge is -2.32. The molecule has 1 saturated heterocycles. The summed E-state index contributed by atoms with van der Waals surface area (Å²) >= 11 is 0. The van der Waals surface area contributed by atoms with Gasteiger partial charge in [-0.05, 0) is 45.2 Å². The first kappa shape index (κ1) is 18.5. The summed E-state index contributed by atoms with van der Waals surface area (Å²) in [4.78, 5) is 26.9. The van der Waals surface area contributed by atoms with E-state index < -0.39 is 0 Å². The second-order valence-electron chi connectivity index (χ2n) is 6.60. The van der Waals surface area contributed by atoms with Crippen molar-refractivity contribution < 1.29 is 14.3 Å². The number of hydrogen-bond donors (Lipinski definition) is 1. The highest BCUT2D eigenvalue weighted by Gasteiger charge is 2.28. The highest BCUT2D eigenvalue weighted by molar-refractivity contribution is 5.95. The zero-order valence-electron chi connectivity index (χ0n) is 14.9. The summed E-state index contributed by atoms with van der Waals surface area (Å²) in [6.45, 7) is 6.48. The molecule has 1 aliphatic heterocycles. The molecule has 1 unspecified atom stereocenters. The van der Waals surface area contributed by atoms with Gasteiger partial charge in [-0.15, -0.1) is 0 Å². The van der Waals surface area contributed by atoms with Gasteiger partial charge in [0.1, 0.15) is 0 Å². The van der Waals surface area contributed by atoms with E-state index in [-0.39, 0.29) is 17.7 Å². The van der Waals surface area contributed by atoms with Gasteiger partial charge in [-0.25, -0.2) is 0 Å². The molecule has 2 amide bonds. The van der Waals surface area contributed by atoms with Crippen molar-refractivity contribution in [2.45, 2.75) is 33.1 Å². The van der Waals surface area contributed by atoms with E-state index in [1.807, 2.05) is 30.9 Å². The second-order valence-corrected chi connectivity index (χ2v) is 6.60. The predicted octanol–water partition coefficient (Wildman–Crippen LogP) is 2.31. The van der Waals surface area contributed by atoms with Crippen molar-refractivity contribution in [2.75, 3.05) is 33.4 Å². The number of carbonyl (C=O) groups is 2. The molecule has 0 spiro atoms. The molecule has 24 heavy (non-hydrogen) atoms. The molecule has 2 rings (SSSR count). The largest absolute Gasteiger partial charge is 0.385 e. The third kappa shape index (κ3) is 5.06. The predicted molar refractivity (Wildman–Crippen MR) is 94.0 cm³/mol. The average Bonchev–Trinajstić information content (AvgIpc) is 2.57. The van der Waals surface area contributed by atoms with E-state index in [4.69, 9.17) is 4.74 Å². The van der Waals surface area contributed by atoms with Crippen LogP contribution in [0.25, 0.3) is 0 Å². The molecule has 132 valence electrons. The lowest BCUT2D eigenvalue weighted by Crippen LogP contribution is -2.45. The van der Waals surface area contributed by atoms with Gasteiger partial charge < -0.3 is 15.0 Å². The van der Waals surface area contributed by atoms with Crippen LogP contribution in [0.2, 0.25) is 0 Å². The number of nitrogens with one attached hydrogen (secondary N) is 1. The van der Waals surface area contributed by atoms with Gasteiger partial charge in [0.25, 0.3) is 5.91 Å². The first-order chi connectivity index (χ1) is 11.5. The highest BCUT2D eigenvalue weighted by atomic mass is 16.5. The summed E-state index contributed by atoms with van der Waals surface area (Å²) in [5.74, 6) is -0.0427. The maximum absolute atomic E-state index is 12.7. The number of likely N-dealkylation sites (tertiary alicyclic amines) is 1. The number of carbonyl (C=O) groups excluding carboxylic acids is 2. The number of piperidine rings is 1. The quantitative estimate of drug-likeness (QED) is 0.813. The molecule has 1 fully saturated rings. The molecule has 5 heteroatoms. The van der Waals surface area contributed by atoms with Crippen molar-refractivity contribution in [1.29, 1.82) is 0 Å². The van der Waals surface area contributed by atoms with E-state index in [2.05, 4.69) is 11.4 Å². The molecule has 1 atom stereocenters. The summed E-state index contributed by atoms with van der Waals surface area (Å²) in [6.07, 6.45) is 2.51. The standard InChI is InChI=1S/C19H28N2O3/c1-14-10-15(2)12-17(11-14)19(23)21-8-4-6-16(13-21)18(22)20-7-5-9-24-3/h10-12,16H,4-9,13H2,1-3H3,(H,20,22). The number of amides is 2. The summed E-state index contributed by atoms with van der Waals surface area (Å²) in [6, 6.07) is 5.90. The molecular weight excluding hydrogens is 304 g/mol. The molecule has 0 aliphatic carbocycles. The molecule has 0 bridgehead atoms. The lowest BCUT2D eigenvalue weighted by molar-refractivity contribution is -0.126. The first-order valence-corrected chi connectivity index (χ1v) is 8.65. The fraction of sp³-hybridized carbons (Fsp3) is 0.579. The van der Waals surface area contributed by atoms with E-state index in [1.54, 1.807) is 7.11 Å². The molecule has 1 heterocycles. The molecule has 0 aromatic heterocycles. The van der Waals surface area contributed by atoms with Crippen molar-refractivity contribution in [3.8, 4) is 0 Å². The topological polar surface area (TPSA) is 58.6 Å². The maximum atomic E-state index is 12.7. The Morgan fingerprint density at radius 1 is 1.25 bits per heavy atom. The Bertz CT molecular complexity index is 566. The van der Waals surface area contributed by atoms with Gasteiger partial charge in [0.15, 0.2) is 0 Å². The van der Waals surface area contributed by atoms with E-state index in [0.717, 1.165) is 36.9 Å². The summed E-state index contributed by atoms with van der Waals surface area (Å²) < 4.78 is 4.98. The minimum atomic E-state index is -0.115. The van der Waals surface area contributed by atoms with Crippen LogP contribution in [0.5, 0.6) is 0 Å². The summed E-state index contributed by atoms with van der Waals surface area (Å²) in [5, 5.41) is 2.95. The molecule has 0 saturated carbocycles. The highest BCUT2D eigenvalue weighted by Crippen LogP contribution is 2.20. The Hall–Kier alpha value is -1.88. The van der Waals surface area contributed by atoms with Gasteiger partial charge in [-0.3, -0.25) is 9.59 Å².